The van der Waals surface area contributed by atoms with Crippen molar-refractivity contribution < 1.29 is 9.59 Å². The van der Waals surface area contributed by atoms with Crippen LogP contribution in [0.2, 0.25) is 0 Å². The summed E-state index contributed by atoms with van der Waals surface area (Å²) in [6.45, 7) is 4.43. The number of benzene rings is 1. The van der Waals surface area contributed by atoms with Crippen molar-refractivity contribution in [3.63, 3.8) is 0 Å². The highest BCUT2D eigenvalue weighted by Gasteiger charge is 2.23. The van der Waals surface area contributed by atoms with E-state index < -0.39 is 0 Å². The van der Waals surface area contributed by atoms with Gasteiger partial charge < -0.3 is 14.8 Å². The molecule has 0 fully saturated rings. The fourth-order valence-corrected chi connectivity index (χ4v) is 3.87. The number of nitrogens with one attached hydrogen (secondary N) is 1. The number of hydrogen-bond donors (Lipinski definition) is 1. The van der Waals surface area contributed by atoms with E-state index in [1.807, 2.05) is 70.5 Å². The summed E-state index contributed by atoms with van der Waals surface area (Å²) in [4.78, 5) is 32.1. The Bertz CT molecular complexity index is 1060. The van der Waals surface area contributed by atoms with E-state index in [0.717, 1.165) is 23.4 Å². The molecule has 0 saturated heterocycles. The van der Waals surface area contributed by atoms with Crippen LogP contribution < -0.4 is 5.32 Å². The molecule has 6 nitrogen and oxygen atoms in total. The van der Waals surface area contributed by atoms with Crippen LogP contribution in [-0.2, 0) is 19.9 Å². The molecule has 2 amide bonds. The van der Waals surface area contributed by atoms with Crippen molar-refractivity contribution in [1.29, 1.82) is 0 Å². The van der Waals surface area contributed by atoms with E-state index in [-0.39, 0.29) is 17.9 Å². The van der Waals surface area contributed by atoms with Gasteiger partial charge in [-0.25, -0.2) is 0 Å². The van der Waals surface area contributed by atoms with Crippen molar-refractivity contribution in [3.8, 4) is 0 Å². The maximum atomic E-state index is 13.3. The number of likely N-dealkylation sites (N-methyl/N-ethyl adjacent to an activating group) is 1. The maximum absolute atomic E-state index is 13.3. The molecule has 1 N–H and O–H groups in total. The zero-order valence-electron chi connectivity index (χ0n) is 19.3. The molecule has 6 heteroatoms. The normalized spacial score (nSPS) is 11.8. The van der Waals surface area contributed by atoms with E-state index in [1.165, 1.54) is 0 Å². The van der Waals surface area contributed by atoms with Crippen LogP contribution in [-0.4, -0.2) is 45.9 Å². The van der Waals surface area contributed by atoms with Gasteiger partial charge in [0.15, 0.2) is 0 Å². The second kappa shape index (κ2) is 10.8. The number of pyridine rings is 1. The van der Waals surface area contributed by atoms with E-state index in [9.17, 15) is 9.59 Å². The Morgan fingerprint density at radius 1 is 1.12 bits per heavy atom. The standard InChI is InChI=1S/C26H32N4O2/c1-5-22-18-21(16-19(2)28-22)26(32)30(4)23(17-20-10-7-6-8-11-20)13-14-27-25(31)24-12-9-15-29(24)3/h6-12,15-16,18,23H,5,13-14,17H2,1-4H3,(H,27,31). The smallest absolute Gasteiger partial charge is 0.267 e. The summed E-state index contributed by atoms with van der Waals surface area (Å²) in [5.74, 6) is -0.137. The van der Waals surface area contributed by atoms with Crippen molar-refractivity contribution >= 4 is 11.8 Å². The Morgan fingerprint density at radius 3 is 2.53 bits per heavy atom. The third kappa shape index (κ3) is 5.84. The van der Waals surface area contributed by atoms with Crippen LogP contribution >= 0.6 is 0 Å². The van der Waals surface area contributed by atoms with E-state index in [2.05, 4.69) is 22.4 Å². The molecule has 0 bridgehead atoms. The van der Waals surface area contributed by atoms with Crippen molar-refractivity contribution in [3.05, 3.63) is 89.0 Å². The lowest BCUT2D eigenvalue weighted by molar-refractivity contribution is 0.0722. The quantitative estimate of drug-likeness (QED) is 0.559. The van der Waals surface area contributed by atoms with Crippen molar-refractivity contribution in [2.24, 2.45) is 7.05 Å². The number of rotatable bonds is 9. The second-order valence-electron chi connectivity index (χ2n) is 8.15. The summed E-state index contributed by atoms with van der Waals surface area (Å²) in [5.41, 5.74) is 4.19. The third-order valence-electron chi connectivity index (χ3n) is 5.74. The monoisotopic (exact) mass is 432 g/mol. The first kappa shape index (κ1) is 23.3. The van der Waals surface area contributed by atoms with E-state index in [1.54, 1.807) is 15.5 Å². The molecule has 0 aliphatic carbocycles. The Balaban J connectivity index is 1.74. The number of nitrogens with zero attached hydrogens (tertiary/aromatic N) is 3. The van der Waals surface area contributed by atoms with Gasteiger partial charge in [-0.05, 0) is 56.0 Å². The summed E-state index contributed by atoms with van der Waals surface area (Å²) in [6.07, 6.45) is 4.00. The number of carbonyl (C=O) groups is 2. The van der Waals surface area contributed by atoms with E-state index >= 15 is 0 Å². The second-order valence-corrected chi connectivity index (χ2v) is 8.15. The maximum Gasteiger partial charge on any atom is 0.267 e. The third-order valence-corrected chi connectivity index (χ3v) is 5.74. The van der Waals surface area contributed by atoms with Crippen LogP contribution in [0.4, 0.5) is 0 Å². The van der Waals surface area contributed by atoms with Gasteiger partial charge in [0.1, 0.15) is 5.69 Å². The first-order chi connectivity index (χ1) is 15.4. The van der Waals surface area contributed by atoms with Crippen molar-refractivity contribution in [1.82, 2.24) is 19.8 Å². The van der Waals surface area contributed by atoms with Gasteiger partial charge in [0.2, 0.25) is 0 Å². The number of aryl methyl sites for hydroxylation is 3. The average Bonchev–Trinajstić information content (AvgIpc) is 3.23. The molecular weight excluding hydrogens is 400 g/mol. The van der Waals surface area contributed by atoms with Crippen LogP contribution in [0.1, 0.15) is 51.1 Å². The molecule has 1 atom stereocenters. The van der Waals surface area contributed by atoms with Gasteiger partial charge in [0, 0.05) is 49.8 Å². The van der Waals surface area contributed by atoms with E-state index in [0.29, 0.717) is 30.6 Å². The minimum absolute atomic E-state index is 0.0279. The topological polar surface area (TPSA) is 67.2 Å². The highest BCUT2D eigenvalue weighted by atomic mass is 16.2. The largest absolute Gasteiger partial charge is 0.351 e. The molecule has 0 aliphatic rings. The number of hydrogen-bond acceptors (Lipinski definition) is 3. The molecule has 2 aromatic heterocycles. The Kier molecular flexibility index (Phi) is 7.82. The predicted molar refractivity (Wildman–Crippen MR) is 127 cm³/mol. The average molecular weight is 433 g/mol. The molecular formula is C26H32N4O2. The van der Waals surface area contributed by atoms with Gasteiger partial charge in [0.25, 0.3) is 11.8 Å². The molecule has 0 radical (unpaired) electrons. The molecule has 1 aromatic carbocycles. The van der Waals surface area contributed by atoms with Gasteiger partial charge in [-0.3, -0.25) is 14.6 Å². The number of amides is 2. The van der Waals surface area contributed by atoms with Gasteiger partial charge in [-0.1, -0.05) is 37.3 Å². The summed E-state index contributed by atoms with van der Waals surface area (Å²) >= 11 is 0. The summed E-state index contributed by atoms with van der Waals surface area (Å²) in [6, 6.07) is 17.4. The van der Waals surface area contributed by atoms with Crippen LogP contribution in [0.5, 0.6) is 0 Å². The SMILES string of the molecule is CCc1cc(C(=O)N(C)C(CCNC(=O)c2cccn2C)Cc2ccccc2)cc(C)n1. The van der Waals surface area contributed by atoms with E-state index in [4.69, 9.17) is 0 Å². The Hall–Kier alpha value is -3.41. The van der Waals surface area contributed by atoms with Crippen LogP contribution in [0.15, 0.2) is 60.8 Å². The number of carbonyl (C=O) groups excluding carboxylic acids is 2. The van der Waals surface area contributed by atoms with Crippen LogP contribution in [0.25, 0.3) is 0 Å². The first-order valence-electron chi connectivity index (χ1n) is 11.1. The minimum Gasteiger partial charge on any atom is -0.351 e. The molecule has 32 heavy (non-hydrogen) atoms. The predicted octanol–water partition coefficient (Wildman–Crippen LogP) is 3.79. The zero-order chi connectivity index (χ0) is 23.1. The molecule has 0 saturated carbocycles. The molecule has 2 heterocycles. The molecule has 3 rings (SSSR count). The van der Waals surface area contributed by atoms with Crippen molar-refractivity contribution in [2.75, 3.05) is 13.6 Å². The van der Waals surface area contributed by atoms with Gasteiger partial charge in [0.05, 0.1) is 0 Å². The summed E-state index contributed by atoms with van der Waals surface area (Å²) in [5, 5.41) is 3.00. The first-order valence-corrected chi connectivity index (χ1v) is 11.1. The highest BCUT2D eigenvalue weighted by molar-refractivity contribution is 5.94. The fraction of sp³-hybridized carbons (Fsp3) is 0.346. The van der Waals surface area contributed by atoms with Crippen molar-refractivity contribution in [2.45, 2.75) is 39.2 Å². The fourth-order valence-electron chi connectivity index (χ4n) is 3.87. The van der Waals surface area contributed by atoms with Crippen LogP contribution in [0, 0.1) is 6.92 Å². The molecule has 1 unspecified atom stereocenters. The lowest BCUT2D eigenvalue weighted by Crippen LogP contribution is -2.41. The molecule has 168 valence electrons. The lowest BCUT2D eigenvalue weighted by atomic mass is 10.0. The number of aromatic nitrogens is 2. The van der Waals surface area contributed by atoms with Gasteiger partial charge in [-0.2, -0.15) is 0 Å². The van der Waals surface area contributed by atoms with Gasteiger partial charge in [-0.15, -0.1) is 0 Å². The molecule has 3 aromatic rings. The van der Waals surface area contributed by atoms with Gasteiger partial charge >= 0.3 is 0 Å². The summed E-state index contributed by atoms with van der Waals surface area (Å²) < 4.78 is 1.80. The Labute approximate surface area is 190 Å². The molecule has 0 spiro atoms. The molecule has 0 aliphatic heterocycles. The summed E-state index contributed by atoms with van der Waals surface area (Å²) in [7, 11) is 3.69. The minimum atomic E-state index is -0.109. The zero-order valence-corrected chi connectivity index (χ0v) is 19.3. The lowest BCUT2D eigenvalue weighted by Gasteiger charge is -2.29. The highest BCUT2D eigenvalue weighted by Crippen LogP contribution is 2.16. The van der Waals surface area contributed by atoms with Crippen LogP contribution in [0.3, 0.4) is 0 Å². The Morgan fingerprint density at radius 2 is 1.88 bits per heavy atom.